The third kappa shape index (κ3) is 3.90. The molecule has 0 spiro atoms. The Morgan fingerprint density at radius 3 is 2.41 bits per heavy atom. The standard InChI is InChI=1S/C29H24FNO3/c1-18-8-2-3-9-19(18)22-12-4-13-23-24(28(29(32)33)31-27(22)23)14-7-17-34-26-16-6-10-20-21(26)11-5-15-25(20)30/h2-6,8-13,15-16,31H,7,14,17H2,1H3,(H,32,33). The maximum absolute atomic E-state index is 14.1. The second kappa shape index (κ2) is 9.02. The molecule has 0 amide bonds. The van der Waals surface area contributed by atoms with Crippen LogP contribution in [-0.2, 0) is 6.42 Å². The Morgan fingerprint density at radius 2 is 1.59 bits per heavy atom. The lowest BCUT2D eigenvalue weighted by Crippen LogP contribution is -2.04. The maximum atomic E-state index is 14.1. The lowest BCUT2D eigenvalue weighted by atomic mass is 9.97. The van der Waals surface area contributed by atoms with Crippen molar-refractivity contribution in [2.75, 3.05) is 6.61 Å². The van der Waals surface area contributed by atoms with Crippen LogP contribution in [0.4, 0.5) is 4.39 Å². The minimum Gasteiger partial charge on any atom is -0.493 e. The van der Waals surface area contributed by atoms with Crippen molar-refractivity contribution in [1.29, 1.82) is 0 Å². The molecule has 170 valence electrons. The fourth-order valence-electron chi connectivity index (χ4n) is 4.62. The largest absolute Gasteiger partial charge is 0.493 e. The van der Waals surface area contributed by atoms with Crippen LogP contribution in [0.25, 0.3) is 32.8 Å². The Morgan fingerprint density at radius 1 is 0.882 bits per heavy atom. The third-order valence-electron chi connectivity index (χ3n) is 6.25. The van der Waals surface area contributed by atoms with Crippen LogP contribution in [0, 0.1) is 12.7 Å². The number of aromatic amines is 1. The van der Waals surface area contributed by atoms with Crippen molar-refractivity contribution >= 4 is 27.6 Å². The van der Waals surface area contributed by atoms with Crippen LogP contribution in [0.5, 0.6) is 5.75 Å². The molecule has 0 radical (unpaired) electrons. The van der Waals surface area contributed by atoms with Crippen LogP contribution in [0.2, 0.25) is 0 Å². The summed E-state index contributed by atoms with van der Waals surface area (Å²) in [6.45, 7) is 2.44. The maximum Gasteiger partial charge on any atom is 0.352 e. The van der Waals surface area contributed by atoms with Crippen molar-refractivity contribution < 1.29 is 19.0 Å². The number of nitrogens with one attached hydrogen (secondary N) is 1. The quantitative estimate of drug-likeness (QED) is 0.257. The number of rotatable bonds is 7. The molecule has 2 N–H and O–H groups in total. The Balaban J connectivity index is 1.42. The number of hydrogen-bond acceptors (Lipinski definition) is 2. The molecule has 0 atom stereocenters. The summed E-state index contributed by atoms with van der Waals surface area (Å²) < 4.78 is 20.0. The zero-order chi connectivity index (χ0) is 23.7. The van der Waals surface area contributed by atoms with Gasteiger partial charge in [0.2, 0.25) is 0 Å². The number of carbonyl (C=O) groups is 1. The topological polar surface area (TPSA) is 62.3 Å². The van der Waals surface area contributed by atoms with Gasteiger partial charge >= 0.3 is 5.97 Å². The first-order valence-corrected chi connectivity index (χ1v) is 11.3. The van der Waals surface area contributed by atoms with Crippen molar-refractivity contribution in [3.05, 3.63) is 102 Å². The second-order valence-electron chi connectivity index (χ2n) is 8.37. The van der Waals surface area contributed by atoms with E-state index in [0.717, 1.165) is 38.5 Å². The van der Waals surface area contributed by atoms with E-state index in [-0.39, 0.29) is 11.5 Å². The number of carboxylic acids is 1. The zero-order valence-electron chi connectivity index (χ0n) is 18.8. The molecule has 0 unspecified atom stereocenters. The van der Waals surface area contributed by atoms with Crippen molar-refractivity contribution in [2.24, 2.45) is 0 Å². The molecule has 5 heteroatoms. The lowest BCUT2D eigenvalue weighted by Gasteiger charge is -2.10. The van der Waals surface area contributed by atoms with Crippen LogP contribution in [0.1, 0.15) is 28.0 Å². The molecule has 34 heavy (non-hydrogen) atoms. The average molecular weight is 454 g/mol. The molecule has 1 heterocycles. The molecule has 1 aromatic heterocycles. The van der Waals surface area contributed by atoms with Crippen LogP contribution >= 0.6 is 0 Å². The molecule has 0 aliphatic carbocycles. The number of carboxylic acid groups (broad SMARTS) is 1. The molecular weight excluding hydrogens is 429 g/mol. The summed E-state index contributed by atoms with van der Waals surface area (Å²) in [5.41, 5.74) is 4.99. The fraction of sp³-hybridized carbons (Fsp3) is 0.138. The van der Waals surface area contributed by atoms with Gasteiger partial charge in [-0.25, -0.2) is 9.18 Å². The predicted octanol–water partition coefficient (Wildman–Crippen LogP) is 7.15. The summed E-state index contributed by atoms with van der Waals surface area (Å²) >= 11 is 0. The van der Waals surface area contributed by atoms with Gasteiger partial charge in [0, 0.05) is 21.7 Å². The number of halogens is 1. The number of H-pyrrole nitrogens is 1. The molecule has 0 fully saturated rings. The van der Waals surface area contributed by atoms with E-state index in [4.69, 9.17) is 4.74 Å². The summed E-state index contributed by atoms with van der Waals surface area (Å²) in [6, 6.07) is 24.3. The van der Waals surface area contributed by atoms with Crippen molar-refractivity contribution in [3.8, 4) is 16.9 Å². The smallest absolute Gasteiger partial charge is 0.352 e. The normalized spacial score (nSPS) is 11.2. The van der Waals surface area contributed by atoms with Gasteiger partial charge in [-0.2, -0.15) is 0 Å². The molecule has 0 aliphatic heterocycles. The van der Waals surface area contributed by atoms with Gasteiger partial charge in [0.1, 0.15) is 17.3 Å². The van der Waals surface area contributed by atoms with Gasteiger partial charge in [-0.05, 0) is 48.6 Å². The van der Waals surface area contributed by atoms with Crippen molar-refractivity contribution in [2.45, 2.75) is 19.8 Å². The average Bonchev–Trinajstić information content (AvgIpc) is 3.22. The molecule has 5 rings (SSSR count). The monoisotopic (exact) mass is 453 g/mol. The van der Waals surface area contributed by atoms with E-state index in [1.165, 1.54) is 6.07 Å². The number of aryl methyl sites for hydroxylation is 2. The van der Waals surface area contributed by atoms with E-state index in [1.807, 2.05) is 61.5 Å². The number of aromatic carboxylic acids is 1. The highest BCUT2D eigenvalue weighted by atomic mass is 19.1. The number of hydrogen-bond donors (Lipinski definition) is 2. The van der Waals surface area contributed by atoms with Gasteiger partial charge in [0.05, 0.1) is 12.1 Å². The molecule has 0 saturated heterocycles. The van der Waals surface area contributed by atoms with Gasteiger partial charge in [-0.1, -0.05) is 66.7 Å². The predicted molar refractivity (Wildman–Crippen MR) is 133 cm³/mol. The fourth-order valence-corrected chi connectivity index (χ4v) is 4.62. The minimum absolute atomic E-state index is 0.211. The molecule has 0 bridgehead atoms. The summed E-state index contributed by atoms with van der Waals surface area (Å²) in [4.78, 5) is 15.2. The number of benzene rings is 4. The lowest BCUT2D eigenvalue weighted by molar-refractivity contribution is 0.0690. The highest BCUT2D eigenvalue weighted by Gasteiger charge is 2.19. The van der Waals surface area contributed by atoms with Gasteiger partial charge < -0.3 is 14.8 Å². The zero-order valence-corrected chi connectivity index (χ0v) is 18.8. The van der Waals surface area contributed by atoms with E-state index in [9.17, 15) is 14.3 Å². The summed E-state index contributed by atoms with van der Waals surface area (Å²) in [7, 11) is 0. The second-order valence-corrected chi connectivity index (χ2v) is 8.37. The van der Waals surface area contributed by atoms with E-state index in [1.54, 1.807) is 18.2 Å². The van der Waals surface area contributed by atoms with Gasteiger partial charge in [0.25, 0.3) is 0 Å². The minimum atomic E-state index is -0.979. The summed E-state index contributed by atoms with van der Waals surface area (Å²) in [6.07, 6.45) is 1.16. The SMILES string of the molecule is Cc1ccccc1-c1cccc2c(CCCOc3cccc4c(F)cccc34)c(C(=O)O)[nH]c12. The van der Waals surface area contributed by atoms with Crippen LogP contribution in [0.15, 0.2) is 78.9 Å². The molecule has 0 aliphatic rings. The summed E-state index contributed by atoms with van der Waals surface area (Å²) in [5.74, 6) is -0.638. The van der Waals surface area contributed by atoms with E-state index < -0.39 is 5.97 Å². The molecule has 5 aromatic rings. The Kier molecular flexibility index (Phi) is 5.76. The van der Waals surface area contributed by atoms with Crippen LogP contribution in [-0.4, -0.2) is 22.7 Å². The van der Waals surface area contributed by atoms with Crippen LogP contribution in [0.3, 0.4) is 0 Å². The number of para-hydroxylation sites is 1. The van der Waals surface area contributed by atoms with Gasteiger partial charge in [-0.15, -0.1) is 0 Å². The Hall–Kier alpha value is -4.12. The first-order chi connectivity index (χ1) is 16.5. The van der Waals surface area contributed by atoms with E-state index in [2.05, 4.69) is 4.98 Å². The van der Waals surface area contributed by atoms with Crippen molar-refractivity contribution in [3.63, 3.8) is 0 Å². The molecule has 4 nitrogen and oxygen atoms in total. The first-order valence-electron chi connectivity index (χ1n) is 11.3. The van der Waals surface area contributed by atoms with E-state index in [0.29, 0.717) is 30.6 Å². The highest BCUT2D eigenvalue weighted by molar-refractivity contribution is 6.03. The van der Waals surface area contributed by atoms with Crippen molar-refractivity contribution in [1.82, 2.24) is 4.98 Å². The third-order valence-corrected chi connectivity index (χ3v) is 6.25. The van der Waals surface area contributed by atoms with Gasteiger partial charge in [-0.3, -0.25) is 0 Å². The number of fused-ring (bicyclic) bond motifs is 2. The Bertz CT molecular complexity index is 1520. The van der Waals surface area contributed by atoms with E-state index >= 15 is 0 Å². The van der Waals surface area contributed by atoms with Crippen LogP contribution < -0.4 is 4.74 Å². The molecule has 0 saturated carbocycles. The number of aromatic nitrogens is 1. The highest BCUT2D eigenvalue weighted by Crippen LogP contribution is 2.34. The molecule has 4 aromatic carbocycles. The van der Waals surface area contributed by atoms with Gasteiger partial charge in [0.15, 0.2) is 0 Å². The Labute approximate surface area is 196 Å². The first kappa shape index (κ1) is 21.7. The summed E-state index contributed by atoms with van der Waals surface area (Å²) in [5, 5.41) is 12.0. The number of ether oxygens (including phenoxy) is 1. The molecular formula is C29H24FNO3.